The van der Waals surface area contributed by atoms with Gasteiger partial charge in [-0.25, -0.2) is 8.42 Å². The van der Waals surface area contributed by atoms with Gasteiger partial charge in [-0.1, -0.05) is 60.7 Å². The summed E-state index contributed by atoms with van der Waals surface area (Å²) in [7, 11) is -3.63. The van der Waals surface area contributed by atoms with E-state index in [9.17, 15) is 13.7 Å². The Morgan fingerprint density at radius 3 is 1.91 bits per heavy atom. The lowest BCUT2D eigenvalue weighted by Gasteiger charge is -2.32. The van der Waals surface area contributed by atoms with E-state index in [1.807, 2.05) is 48.5 Å². The molecule has 0 saturated heterocycles. The lowest BCUT2D eigenvalue weighted by atomic mass is 10.1. The number of hydrogen-bond acceptors (Lipinski definition) is 3. The molecule has 0 unspecified atom stereocenters. The van der Waals surface area contributed by atoms with Gasteiger partial charge in [0.2, 0.25) is 10.0 Å². The molecule has 0 aliphatic carbocycles. The molecule has 0 aliphatic rings. The van der Waals surface area contributed by atoms with Gasteiger partial charge in [0.15, 0.2) is 0 Å². The quantitative estimate of drug-likeness (QED) is 0.817. The molecule has 0 aliphatic heterocycles. The van der Waals surface area contributed by atoms with Gasteiger partial charge in [0, 0.05) is 6.54 Å². The van der Waals surface area contributed by atoms with Crippen molar-refractivity contribution >= 4 is 10.0 Å². The number of benzene rings is 2. The lowest BCUT2D eigenvalue weighted by molar-refractivity contribution is 0.281. The van der Waals surface area contributed by atoms with E-state index >= 15 is 0 Å². The summed E-state index contributed by atoms with van der Waals surface area (Å²) in [5, 5.41) is 9.42. The topological polar surface area (TPSA) is 61.2 Å². The molecule has 0 fully saturated rings. The van der Waals surface area contributed by atoms with Gasteiger partial charge in [-0.15, -0.1) is 0 Å². The van der Waals surface area contributed by atoms with Gasteiger partial charge >= 0.3 is 0 Å². The molecular weight excluding hydrogens is 308 g/mol. The zero-order valence-corrected chi connectivity index (χ0v) is 14.1. The van der Waals surface area contributed by atoms with Gasteiger partial charge in [-0.05, 0) is 25.0 Å². The monoisotopic (exact) mass is 328 g/mol. The van der Waals surface area contributed by atoms with Crippen LogP contribution in [0.25, 0.3) is 0 Å². The van der Waals surface area contributed by atoms with E-state index in [0.29, 0.717) is 5.56 Å². The third kappa shape index (κ3) is 4.41. The highest BCUT2D eigenvalue weighted by molar-refractivity contribution is 7.88. The van der Waals surface area contributed by atoms with Crippen molar-refractivity contribution in [3.05, 3.63) is 71.8 Å². The van der Waals surface area contributed by atoms with Crippen LogP contribution >= 0.6 is 0 Å². The van der Waals surface area contributed by atoms with E-state index in [1.165, 1.54) is 4.31 Å². The SMILES string of the molecule is CC(C)(C#N)N(Cc1ccccc1)S(=O)(=O)Cc1ccccc1. The van der Waals surface area contributed by atoms with E-state index in [4.69, 9.17) is 0 Å². The molecule has 2 aromatic carbocycles. The van der Waals surface area contributed by atoms with Crippen LogP contribution in [0.1, 0.15) is 25.0 Å². The highest BCUT2D eigenvalue weighted by Gasteiger charge is 2.36. The highest BCUT2D eigenvalue weighted by atomic mass is 32.2. The normalized spacial score (nSPS) is 12.1. The molecule has 0 radical (unpaired) electrons. The Bertz CT molecular complexity index is 779. The van der Waals surface area contributed by atoms with Crippen molar-refractivity contribution in [2.75, 3.05) is 0 Å². The fourth-order valence-electron chi connectivity index (χ4n) is 2.31. The van der Waals surface area contributed by atoms with Crippen LogP contribution in [0.2, 0.25) is 0 Å². The Balaban J connectivity index is 2.35. The summed E-state index contributed by atoms with van der Waals surface area (Å²) in [6.45, 7) is 3.42. The second kappa shape index (κ2) is 6.95. The Hall–Kier alpha value is -2.16. The van der Waals surface area contributed by atoms with Crippen molar-refractivity contribution in [3.8, 4) is 6.07 Å². The van der Waals surface area contributed by atoms with Crippen LogP contribution in [0.5, 0.6) is 0 Å². The number of hydrogen-bond donors (Lipinski definition) is 0. The van der Waals surface area contributed by atoms with Crippen molar-refractivity contribution in [3.63, 3.8) is 0 Å². The molecule has 0 saturated carbocycles. The minimum atomic E-state index is -3.63. The largest absolute Gasteiger partial charge is 0.219 e. The second-order valence-electron chi connectivity index (χ2n) is 5.90. The van der Waals surface area contributed by atoms with Gasteiger partial charge in [0.05, 0.1) is 11.8 Å². The third-order valence-electron chi connectivity index (χ3n) is 3.59. The molecule has 0 spiro atoms. The van der Waals surface area contributed by atoms with Crippen LogP contribution in [0.4, 0.5) is 0 Å². The zero-order chi connectivity index (χ0) is 16.9. The minimum absolute atomic E-state index is 0.119. The molecule has 0 aromatic heterocycles. The van der Waals surface area contributed by atoms with E-state index < -0.39 is 15.6 Å². The van der Waals surface area contributed by atoms with Crippen LogP contribution in [-0.4, -0.2) is 18.3 Å². The first-order valence-electron chi connectivity index (χ1n) is 7.35. The average molecular weight is 328 g/mol. The van der Waals surface area contributed by atoms with E-state index in [-0.39, 0.29) is 12.3 Å². The van der Waals surface area contributed by atoms with Crippen LogP contribution in [0.15, 0.2) is 60.7 Å². The summed E-state index contributed by atoms with van der Waals surface area (Å²) >= 11 is 0. The first-order valence-corrected chi connectivity index (χ1v) is 8.96. The zero-order valence-electron chi connectivity index (χ0n) is 13.3. The highest BCUT2D eigenvalue weighted by Crippen LogP contribution is 2.24. The smallest absolute Gasteiger partial charge is 0.212 e. The van der Waals surface area contributed by atoms with Crippen molar-refractivity contribution in [1.29, 1.82) is 5.26 Å². The summed E-state index contributed by atoms with van der Waals surface area (Å²) in [4.78, 5) is 0. The molecule has 23 heavy (non-hydrogen) atoms. The molecule has 120 valence electrons. The van der Waals surface area contributed by atoms with Gasteiger partial charge in [-0.3, -0.25) is 0 Å². The number of sulfonamides is 1. The van der Waals surface area contributed by atoms with E-state index in [2.05, 4.69) is 6.07 Å². The van der Waals surface area contributed by atoms with E-state index in [1.54, 1.807) is 26.0 Å². The van der Waals surface area contributed by atoms with Gasteiger partial charge < -0.3 is 0 Å². The molecule has 2 rings (SSSR count). The summed E-state index contributed by atoms with van der Waals surface area (Å²) in [6.07, 6.45) is 0. The fraction of sp³-hybridized carbons (Fsp3) is 0.278. The first kappa shape index (κ1) is 17.2. The molecule has 0 heterocycles. The molecule has 0 bridgehead atoms. The van der Waals surface area contributed by atoms with Crippen molar-refractivity contribution < 1.29 is 8.42 Å². The predicted molar refractivity (Wildman–Crippen MR) is 90.7 cm³/mol. The maximum atomic E-state index is 12.9. The Morgan fingerprint density at radius 1 is 0.957 bits per heavy atom. The Morgan fingerprint density at radius 2 is 1.43 bits per heavy atom. The van der Waals surface area contributed by atoms with Crippen molar-refractivity contribution in [2.45, 2.75) is 31.7 Å². The maximum absolute atomic E-state index is 12.9. The summed E-state index contributed by atoms with van der Waals surface area (Å²) in [5.41, 5.74) is 0.440. The molecule has 0 amide bonds. The summed E-state index contributed by atoms with van der Waals surface area (Å²) in [5.74, 6) is -0.119. The number of nitrogens with zero attached hydrogens (tertiary/aromatic N) is 2. The number of rotatable bonds is 6. The molecule has 5 heteroatoms. The second-order valence-corrected chi connectivity index (χ2v) is 7.80. The Labute approximate surface area is 138 Å². The molecular formula is C18H20N2O2S. The van der Waals surface area contributed by atoms with Crippen LogP contribution in [0, 0.1) is 11.3 Å². The fourth-order valence-corrected chi connectivity index (χ4v) is 4.16. The molecule has 0 atom stereocenters. The van der Waals surface area contributed by atoms with Crippen molar-refractivity contribution in [2.24, 2.45) is 0 Å². The van der Waals surface area contributed by atoms with Crippen LogP contribution < -0.4 is 0 Å². The van der Waals surface area contributed by atoms with Crippen LogP contribution in [-0.2, 0) is 22.3 Å². The van der Waals surface area contributed by atoms with Crippen LogP contribution in [0.3, 0.4) is 0 Å². The molecule has 0 N–H and O–H groups in total. The Kier molecular flexibility index (Phi) is 5.19. The average Bonchev–Trinajstić information content (AvgIpc) is 2.54. The van der Waals surface area contributed by atoms with Gasteiger partial charge in [0.1, 0.15) is 5.54 Å². The maximum Gasteiger partial charge on any atom is 0.219 e. The van der Waals surface area contributed by atoms with Gasteiger partial charge in [0.25, 0.3) is 0 Å². The summed E-state index contributed by atoms with van der Waals surface area (Å²) in [6, 6.07) is 20.4. The standard InChI is InChI=1S/C18H20N2O2S/c1-18(2,15-19)20(13-16-9-5-3-6-10-16)23(21,22)14-17-11-7-4-8-12-17/h3-12H,13-14H2,1-2H3. The summed E-state index contributed by atoms with van der Waals surface area (Å²) < 4.78 is 27.0. The predicted octanol–water partition coefficient (Wildman–Crippen LogP) is 3.32. The number of nitriles is 1. The molecule has 4 nitrogen and oxygen atoms in total. The minimum Gasteiger partial charge on any atom is -0.212 e. The third-order valence-corrected chi connectivity index (χ3v) is 5.55. The first-order chi connectivity index (χ1) is 10.8. The van der Waals surface area contributed by atoms with E-state index in [0.717, 1.165) is 5.56 Å². The van der Waals surface area contributed by atoms with Gasteiger partial charge in [-0.2, -0.15) is 9.57 Å². The molecule has 2 aromatic rings. The van der Waals surface area contributed by atoms with Crippen molar-refractivity contribution in [1.82, 2.24) is 4.31 Å². The lowest BCUT2D eigenvalue weighted by Crippen LogP contribution is -2.46.